The molecule has 2 aliphatic carbocycles. The number of benzene rings is 1. The van der Waals surface area contributed by atoms with Gasteiger partial charge < -0.3 is 5.11 Å². The van der Waals surface area contributed by atoms with Crippen LogP contribution in [0.15, 0.2) is 49.1 Å². The van der Waals surface area contributed by atoms with Crippen molar-refractivity contribution >= 4 is 5.57 Å². The summed E-state index contributed by atoms with van der Waals surface area (Å²) in [6.07, 6.45) is 5.97. The molecule has 0 aliphatic heterocycles. The second kappa shape index (κ2) is 4.08. The number of hydrogen-bond donors (Lipinski definition) is 1. The van der Waals surface area contributed by atoms with Crippen LogP contribution in [0, 0.1) is 17.3 Å². The third-order valence-corrected chi connectivity index (χ3v) is 5.27. The summed E-state index contributed by atoms with van der Waals surface area (Å²) in [5, 5.41) is 10.7. The lowest BCUT2D eigenvalue weighted by molar-refractivity contribution is 0.0560. The molecule has 0 saturated heterocycles. The van der Waals surface area contributed by atoms with Crippen molar-refractivity contribution in [3.8, 4) is 0 Å². The Labute approximate surface area is 115 Å². The SMILES string of the molecule is C=C[C@@]1(O)CC[C@H]2[C@@H]1C=C(c1ccccc1)C2(C)C. The standard InChI is InChI=1S/C18H22O/c1-4-18(19)11-10-14-16(18)12-15(17(14,2)3)13-8-6-5-7-9-13/h4-9,12,14,16,19H,1,10-11H2,2-3H3/t14-,16-,18+/m0/s1. The van der Waals surface area contributed by atoms with E-state index in [4.69, 9.17) is 0 Å². The molecule has 3 atom stereocenters. The molecule has 0 heterocycles. The van der Waals surface area contributed by atoms with E-state index < -0.39 is 5.60 Å². The first-order valence-electron chi connectivity index (χ1n) is 7.13. The highest BCUT2D eigenvalue weighted by Crippen LogP contribution is 2.60. The molecule has 1 N–H and O–H groups in total. The summed E-state index contributed by atoms with van der Waals surface area (Å²) in [5.74, 6) is 0.737. The third-order valence-electron chi connectivity index (χ3n) is 5.27. The average molecular weight is 254 g/mol. The molecule has 0 unspecified atom stereocenters. The van der Waals surface area contributed by atoms with E-state index in [1.165, 1.54) is 11.1 Å². The van der Waals surface area contributed by atoms with Crippen LogP contribution < -0.4 is 0 Å². The maximum Gasteiger partial charge on any atom is 0.0890 e. The predicted octanol–water partition coefficient (Wildman–Crippen LogP) is 4.05. The van der Waals surface area contributed by atoms with Gasteiger partial charge in [0.15, 0.2) is 0 Å². The monoisotopic (exact) mass is 254 g/mol. The van der Waals surface area contributed by atoms with Gasteiger partial charge in [0.1, 0.15) is 0 Å². The summed E-state index contributed by atoms with van der Waals surface area (Å²) in [6.45, 7) is 8.46. The Balaban J connectivity index is 2.07. The van der Waals surface area contributed by atoms with Gasteiger partial charge in [0.25, 0.3) is 0 Å². The quantitative estimate of drug-likeness (QED) is 0.789. The van der Waals surface area contributed by atoms with E-state index in [1.807, 2.05) is 6.07 Å². The van der Waals surface area contributed by atoms with Crippen molar-refractivity contribution in [2.45, 2.75) is 32.3 Å². The maximum absolute atomic E-state index is 10.7. The highest BCUT2D eigenvalue weighted by molar-refractivity contribution is 5.73. The lowest BCUT2D eigenvalue weighted by Gasteiger charge is -2.32. The molecule has 1 heteroatoms. The van der Waals surface area contributed by atoms with Crippen LogP contribution in [0.1, 0.15) is 32.3 Å². The average Bonchev–Trinajstić information content (AvgIpc) is 2.88. The molecule has 100 valence electrons. The lowest BCUT2D eigenvalue weighted by Crippen LogP contribution is -2.32. The van der Waals surface area contributed by atoms with Gasteiger partial charge in [-0.15, -0.1) is 6.58 Å². The minimum Gasteiger partial charge on any atom is -0.385 e. The van der Waals surface area contributed by atoms with E-state index in [0.29, 0.717) is 5.92 Å². The second-order valence-electron chi connectivity index (χ2n) is 6.53. The molecule has 19 heavy (non-hydrogen) atoms. The Morgan fingerprint density at radius 1 is 1.26 bits per heavy atom. The summed E-state index contributed by atoms with van der Waals surface area (Å²) < 4.78 is 0. The number of hydrogen-bond acceptors (Lipinski definition) is 1. The van der Waals surface area contributed by atoms with E-state index in [0.717, 1.165) is 12.8 Å². The first-order valence-corrected chi connectivity index (χ1v) is 7.13. The van der Waals surface area contributed by atoms with Crippen molar-refractivity contribution in [2.24, 2.45) is 17.3 Å². The van der Waals surface area contributed by atoms with E-state index >= 15 is 0 Å². The van der Waals surface area contributed by atoms with Crippen LogP contribution in [0.5, 0.6) is 0 Å². The third kappa shape index (κ3) is 1.72. The topological polar surface area (TPSA) is 20.2 Å². The van der Waals surface area contributed by atoms with Crippen LogP contribution in [0.3, 0.4) is 0 Å². The molecule has 0 radical (unpaired) electrons. The van der Waals surface area contributed by atoms with Crippen molar-refractivity contribution < 1.29 is 5.11 Å². The molecule has 1 aromatic carbocycles. The zero-order valence-corrected chi connectivity index (χ0v) is 11.8. The first kappa shape index (κ1) is 12.7. The Morgan fingerprint density at radius 2 is 1.95 bits per heavy atom. The number of allylic oxidation sites excluding steroid dienone is 1. The molecule has 0 bridgehead atoms. The number of fused-ring (bicyclic) bond motifs is 1. The van der Waals surface area contributed by atoms with Gasteiger partial charge >= 0.3 is 0 Å². The van der Waals surface area contributed by atoms with E-state index in [2.05, 4.69) is 50.8 Å². The van der Waals surface area contributed by atoms with Gasteiger partial charge in [0, 0.05) is 5.92 Å². The summed E-state index contributed by atoms with van der Waals surface area (Å²) >= 11 is 0. The molecule has 1 aromatic rings. The largest absolute Gasteiger partial charge is 0.385 e. The van der Waals surface area contributed by atoms with Gasteiger partial charge in [-0.1, -0.05) is 56.3 Å². The van der Waals surface area contributed by atoms with Crippen LogP contribution in [-0.2, 0) is 0 Å². The molecule has 3 rings (SSSR count). The van der Waals surface area contributed by atoms with Gasteiger partial charge in [-0.2, -0.15) is 0 Å². The van der Waals surface area contributed by atoms with E-state index in [1.54, 1.807) is 6.08 Å². The highest BCUT2D eigenvalue weighted by atomic mass is 16.3. The van der Waals surface area contributed by atoms with E-state index in [-0.39, 0.29) is 11.3 Å². The zero-order chi connectivity index (χ0) is 13.7. The van der Waals surface area contributed by atoms with Gasteiger partial charge in [-0.3, -0.25) is 0 Å². The van der Waals surface area contributed by atoms with Crippen LogP contribution in [0.2, 0.25) is 0 Å². The van der Waals surface area contributed by atoms with Crippen molar-refractivity contribution in [3.05, 3.63) is 54.6 Å². The molecule has 0 spiro atoms. The van der Waals surface area contributed by atoms with Gasteiger partial charge in [0.05, 0.1) is 5.60 Å². The van der Waals surface area contributed by atoms with Crippen LogP contribution in [-0.4, -0.2) is 10.7 Å². The highest BCUT2D eigenvalue weighted by Gasteiger charge is 2.54. The Kier molecular flexibility index (Phi) is 2.72. The van der Waals surface area contributed by atoms with E-state index in [9.17, 15) is 5.11 Å². The summed E-state index contributed by atoms with van der Waals surface area (Å²) in [4.78, 5) is 0. The summed E-state index contributed by atoms with van der Waals surface area (Å²) in [5.41, 5.74) is 2.08. The fourth-order valence-corrected chi connectivity index (χ4v) is 4.07. The van der Waals surface area contributed by atoms with Crippen molar-refractivity contribution in [2.75, 3.05) is 0 Å². The molecule has 2 aliphatic rings. The molecule has 1 nitrogen and oxygen atoms in total. The smallest absolute Gasteiger partial charge is 0.0890 e. The summed E-state index contributed by atoms with van der Waals surface area (Å²) in [7, 11) is 0. The minimum absolute atomic E-state index is 0.125. The molecular formula is C18H22O. The normalized spacial score (nSPS) is 35.8. The maximum atomic E-state index is 10.7. The van der Waals surface area contributed by atoms with Gasteiger partial charge in [-0.05, 0) is 35.3 Å². The lowest BCUT2D eigenvalue weighted by atomic mass is 9.73. The van der Waals surface area contributed by atoms with Crippen LogP contribution in [0.4, 0.5) is 0 Å². The van der Waals surface area contributed by atoms with Crippen LogP contribution >= 0.6 is 0 Å². The van der Waals surface area contributed by atoms with Crippen molar-refractivity contribution in [3.63, 3.8) is 0 Å². The molecular weight excluding hydrogens is 232 g/mol. The fourth-order valence-electron chi connectivity index (χ4n) is 4.07. The first-order chi connectivity index (χ1) is 8.99. The van der Waals surface area contributed by atoms with Gasteiger partial charge in [-0.25, -0.2) is 0 Å². The van der Waals surface area contributed by atoms with Gasteiger partial charge in [0.2, 0.25) is 0 Å². The minimum atomic E-state index is -0.710. The van der Waals surface area contributed by atoms with Crippen LogP contribution in [0.25, 0.3) is 5.57 Å². The molecule has 1 fully saturated rings. The molecule has 0 amide bonds. The zero-order valence-electron chi connectivity index (χ0n) is 11.8. The van der Waals surface area contributed by atoms with Crippen molar-refractivity contribution in [1.29, 1.82) is 0 Å². The Hall–Kier alpha value is -1.34. The Morgan fingerprint density at radius 3 is 2.58 bits per heavy atom. The summed E-state index contributed by atoms with van der Waals surface area (Å²) in [6, 6.07) is 10.6. The Bertz CT molecular complexity index is 526. The molecule has 1 saturated carbocycles. The predicted molar refractivity (Wildman–Crippen MR) is 79.6 cm³/mol. The van der Waals surface area contributed by atoms with Crippen molar-refractivity contribution in [1.82, 2.24) is 0 Å². The number of rotatable bonds is 2. The fraction of sp³-hybridized carbons (Fsp3) is 0.444. The molecule has 0 aromatic heterocycles. The number of aliphatic hydroxyl groups is 1. The second-order valence-corrected chi connectivity index (χ2v) is 6.53.